The molecule has 29 heavy (non-hydrogen) atoms. The predicted molar refractivity (Wildman–Crippen MR) is 115 cm³/mol. The molecule has 1 aromatic carbocycles. The molecule has 2 N–H and O–H groups in total. The highest BCUT2D eigenvalue weighted by Crippen LogP contribution is 2.34. The Bertz CT molecular complexity index is 861. The van der Waals surface area contributed by atoms with Crippen molar-refractivity contribution in [3.8, 4) is 5.75 Å². The van der Waals surface area contributed by atoms with Crippen molar-refractivity contribution in [3.63, 3.8) is 0 Å². The average molecular weight is 418 g/mol. The number of amides is 3. The van der Waals surface area contributed by atoms with Gasteiger partial charge in [-0.05, 0) is 68.1 Å². The average Bonchev–Trinajstić information content (AvgIpc) is 3.32. The maximum Gasteiger partial charge on any atom is 0.412 e. The second-order valence-corrected chi connectivity index (χ2v) is 8.66. The lowest BCUT2D eigenvalue weighted by Crippen LogP contribution is -2.34. The largest absolute Gasteiger partial charge is 0.494 e. The fraction of sp³-hybridized carbons (Fsp3) is 0.429. The smallest absolute Gasteiger partial charge is 0.412 e. The zero-order chi connectivity index (χ0) is 21.0. The summed E-state index contributed by atoms with van der Waals surface area (Å²) in [5.41, 5.74) is 1.65. The Kier molecular flexibility index (Phi) is 6.32. The molecular formula is C21H27N3O4S. The molecule has 1 aliphatic heterocycles. The standard InChI is InChI=1S/C21H27N3O4S/c1-21(2,3)28-20(26)23-16-8-7-15(12-18(16)27-4)22-19(25)24-10-5-6-17(24)14-9-11-29-13-14/h7-9,11-13,17H,5-6,10H2,1-4H3,(H,22,25)(H,23,26). The topological polar surface area (TPSA) is 79.9 Å². The third-order valence-electron chi connectivity index (χ3n) is 4.53. The quantitative estimate of drug-likeness (QED) is 0.691. The Morgan fingerprint density at radius 2 is 2.00 bits per heavy atom. The van der Waals surface area contributed by atoms with Crippen molar-refractivity contribution in [1.29, 1.82) is 0 Å². The lowest BCUT2D eigenvalue weighted by Gasteiger charge is -2.25. The van der Waals surface area contributed by atoms with Crippen LogP contribution in [0.1, 0.15) is 45.2 Å². The summed E-state index contributed by atoms with van der Waals surface area (Å²) in [6, 6.07) is 7.12. The van der Waals surface area contributed by atoms with Gasteiger partial charge in [-0.25, -0.2) is 9.59 Å². The number of thiophene rings is 1. The number of nitrogens with one attached hydrogen (secondary N) is 2. The molecule has 7 nitrogen and oxygen atoms in total. The number of benzene rings is 1. The predicted octanol–water partition coefficient (Wildman–Crippen LogP) is 5.47. The highest BCUT2D eigenvalue weighted by molar-refractivity contribution is 7.08. The van der Waals surface area contributed by atoms with Gasteiger partial charge in [0.05, 0.1) is 18.8 Å². The van der Waals surface area contributed by atoms with Gasteiger partial charge in [0.25, 0.3) is 0 Å². The normalized spacial score (nSPS) is 16.4. The van der Waals surface area contributed by atoms with Crippen molar-refractivity contribution >= 4 is 34.8 Å². The molecular weight excluding hydrogens is 390 g/mol. The number of nitrogens with zero attached hydrogens (tertiary/aromatic N) is 1. The van der Waals surface area contributed by atoms with E-state index in [-0.39, 0.29) is 12.1 Å². The van der Waals surface area contributed by atoms with Crippen LogP contribution in [0.15, 0.2) is 35.0 Å². The van der Waals surface area contributed by atoms with Crippen LogP contribution in [0.5, 0.6) is 5.75 Å². The number of methoxy groups -OCH3 is 1. The van der Waals surface area contributed by atoms with Gasteiger partial charge in [-0.15, -0.1) is 0 Å². The van der Waals surface area contributed by atoms with E-state index in [1.165, 1.54) is 12.7 Å². The van der Waals surface area contributed by atoms with Gasteiger partial charge in [0.15, 0.2) is 0 Å². The summed E-state index contributed by atoms with van der Waals surface area (Å²) in [5, 5.41) is 9.73. The number of hydrogen-bond donors (Lipinski definition) is 2. The number of anilines is 2. The second-order valence-electron chi connectivity index (χ2n) is 7.88. The molecule has 1 fully saturated rings. The minimum absolute atomic E-state index is 0.108. The Morgan fingerprint density at radius 3 is 2.66 bits per heavy atom. The molecule has 3 amide bonds. The molecule has 0 radical (unpaired) electrons. The van der Waals surface area contributed by atoms with Gasteiger partial charge in [0, 0.05) is 18.3 Å². The van der Waals surface area contributed by atoms with Crippen molar-refractivity contribution in [1.82, 2.24) is 4.90 Å². The number of hydrogen-bond acceptors (Lipinski definition) is 5. The van der Waals surface area contributed by atoms with Crippen molar-refractivity contribution in [3.05, 3.63) is 40.6 Å². The van der Waals surface area contributed by atoms with E-state index in [9.17, 15) is 9.59 Å². The Hall–Kier alpha value is -2.74. The van der Waals surface area contributed by atoms with Gasteiger partial charge in [0.2, 0.25) is 0 Å². The van der Waals surface area contributed by atoms with Crippen LogP contribution in [-0.4, -0.2) is 36.3 Å². The molecule has 8 heteroatoms. The molecule has 1 aromatic heterocycles. The number of likely N-dealkylation sites (tertiary alicyclic amines) is 1. The van der Waals surface area contributed by atoms with Crippen LogP contribution in [0.25, 0.3) is 0 Å². The molecule has 1 atom stereocenters. The van der Waals surface area contributed by atoms with Crippen LogP contribution in [0.3, 0.4) is 0 Å². The molecule has 1 saturated heterocycles. The summed E-state index contributed by atoms with van der Waals surface area (Å²) in [5.74, 6) is 0.435. The lowest BCUT2D eigenvalue weighted by molar-refractivity contribution is 0.0635. The molecule has 3 rings (SSSR count). The van der Waals surface area contributed by atoms with Crippen LogP contribution in [-0.2, 0) is 4.74 Å². The Balaban J connectivity index is 1.68. The van der Waals surface area contributed by atoms with Crippen LogP contribution < -0.4 is 15.4 Å². The first-order valence-electron chi connectivity index (χ1n) is 9.54. The van der Waals surface area contributed by atoms with Crippen LogP contribution in [0.4, 0.5) is 21.0 Å². The highest BCUT2D eigenvalue weighted by atomic mass is 32.1. The zero-order valence-corrected chi connectivity index (χ0v) is 18.0. The Morgan fingerprint density at radius 1 is 1.21 bits per heavy atom. The van der Waals surface area contributed by atoms with Crippen LogP contribution in [0.2, 0.25) is 0 Å². The number of carbonyl (C=O) groups is 2. The van der Waals surface area contributed by atoms with Gasteiger partial charge in [-0.3, -0.25) is 5.32 Å². The third-order valence-corrected chi connectivity index (χ3v) is 5.23. The zero-order valence-electron chi connectivity index (χ0n) is 17.2. The van der Waals surface area contributed by atoms with Gasteiger partial charge in [-0.1, -0.05) is 0 Å². The van der Waals surface area contributed by atoms with E-state index in [0.717, 1.165) is 19.4 Å². The number of rotatable bonds is 4. The second kappa shape index (κ2) is 8.73. The molecule has 2 heterocycles. The van der Waals surface area contributed by atoms with Gasteiger partial charge in [0.1, 0.15) is 11.4 Å². The lowest BCUT2D eigenvalue weighted by atomic mass is 10.1. The number of ether oxygens (including phenoxy) is 2. The third kappa shape index (κ3) is 5.41. The van der Waals surface area contributed by atoms with E-state index in [1.54, 1.807) is 50.3 Å². The highest BCUT2D eigenvalue weighted by Gasteiger charge is 2.30. The molecule has 0 aliphatic carbocycles. The summed E-state index contributed by atoms with van der Waals surface area (Å²) in [6.07, 6.45) is 1.38. The first kappa shape index (κ1) is 21.0. The van der Waals surface area contributed by atoms with Gasteiger partial charge >= 0.3 is 12.1 Å². The van der Waals surface area contributed by atoms with Crippen LogP contribution >= 0.6 is 11.3 Å². The number of carbonyl (C=O) groups excluding carboxylic acids is 2. The summed E-state index contributed by atoms with van der Waals surface area (Å²) in [7, 11) is 1.51. The minimum Gasteiger partial charge on any atom is -0.494 e. The van der Waals surface area contributed by atoms with Gasteiger partial charge in [-0.2, -0.15) is 11.3 Å². The summed E-state index contributed by atoms with van der Waals surface area (Å²) < 4.78 is 10.6. The summed E-state index contributed by atoms with van der Waals surface area (Å²) >= 11 is 1.64. The fourth-order valence-corrected chi connectivity index (χ4v) is 4.01. The van der Waals surface area contributed by atoms with E-state index in [2.05, 4.69) is 22.1 Å². The van der Waals surface area contributed by atoms with Crippen molar-refractivity contribution in [2.75, 3.05) is 24.3 Å². The van der Waals surface area contributed by atoms with Gasteiger partial charge < -0.3 is 19.7 Å². The van der Waals surface area contributed by atoms with Crippen molar-refractivity contribution in [2.45, 2.75) is 45.3 Å². The SMILES string of the molecule is COc1cc(NC(=O)N2CCCC2c2ccsc2)ccc1NC(=O)OC(C)(C)C. The summed E-state index contributed by atoms with van der Waals surface area (Å²) in [4.78, 5) is 26.7. The molecule has 156 valence electrons. The maximum absolute atomic E-state index is 12.8. The molecule has 2 aromatic rings. The van der Waals surface area contributed by atoms with Crippen molar-refractivity contribution in [2.24, 2.45) is 0 Å². The van der Waals surface area contributed by atoms with E-state index in [0.29, 0.717) is 17.1 Å². The summed E-state index contributed by atoms with van der Waals surface area (Å²) in [6.45, 7) is 6.11. The molecule has 1 unspecified atom stereocenters. The number of urea groups is 1. The first-order valence-corrected chi connectivity index (χ1v) is 10.5. The van der Waals surface area contributed by atoms with Crippen LogP contribution in [0, 0.1) is 0 Å². The van der Waals surface area contributed by atoms with E-state index in [4.69, 9.17) is 9.47 Å². The van der Waals surface area contributed by atoms with Crippen molar-refractivity contribution < 1.29 is 19.1 Å². The molecule has 0 bridgehead atoms. The van der Waals surface area contributed by atoms with E-state index < -0.39 is 11.7 Å². The van der Waals surface area contributed by atoms with E-state index in [1.807, 2.05) is 10.3 Å². The van der Waals surface area contributed by atoms with E-state index >= 15 is 0 Å². The molecule has 1 aliphatic rings. The first-order chi connectivity index (χ1) is 13.8. The molecule has 0 saturated carbocycles. The monoisotopic (exact) mass is 417 g/mol. The minimum atomic E-state index is -0.597. The maximum atomic E-state index is 12.8. The molecule has 0 spiro atoms. The fourth-order valence-electron chi connectivity index (χ4n) is 3.30. The Labute approximate surface area is 175 Å².